The standard InChI is InChI=1S/C17H19N7O2/c1-11-7-13(22-21-11)17(25)24-6-2-3-12(10-24)8-15-20-16(26-23-15)14-9-18-4-5-19-14/h4-5,7,9,12H,2-3,6,8,10H2,1H3,(H,21,22). The first-order valence-corrected chi connectivity index (χ1v) is 8.59. The van der Waals surface area contributed by atoms with Crippen LogP contribution < -0.4 is 0 Å². The second-order valence-electron chi connectivity index (χ2n) is 6.51. The minimum absolute atomic E-state index is 0.0348. The summed E-state index contributed by atoms with van der Waals surface area (Å²) >= 11 is 0. The van der Waals surface area contributed by atoms with Crippen LogP contribution >= 0.6 is 0 Å². The van der Waals surface area contributed by atoms with E-state index in [1.54, 1.807) is 24.7 Å². The third-order valence-corrected chi connectivity index (χ3v) is 4.45. The summed E-state index contributed by atoms with van der Waals surface area (Å²) in [5, 5.41) is 10.9. The van der Waals surface area contributed by atoms with E-state index < -0.39 is 0 Å². The first-order chi connectivity index (χ1) is 12.7. The molecule has 4 rings (SSSR count). The highest BCUT2D eigenvalue weighted by atomic mass is 16.5. The zero-order valence-electron chi connectivity index (χ0n) is 14.4. The molecule has 0 bridgehead atoms. The van der Waals surface area contributed by atoms with E-state index in [0.717, 1.165) is 25.1 Å². The van der Waals surface area contributed by atoms with Crippen LogP contribution in [0.4, 0.5) is 0 Å². The number of nitrogens with zero attached hydrogens (tertiary/aromatic N) is 6. The van der Waals surface area contributed by atoms with Crippen LogP contribution in [0.5, 0.6) is 0 Å². The van der Waals surface area contributed by atoms with Crippen molar-refractivity contribution in [3.63, 3.8) is 0 Å². The molecule has 1 atom stereocenters. The molecular weight excluding hydrogens is 334 g/mol. The molecule has 1 fully saturated rings. The molecule has 4 heterocycles. The number of aromatic nitrogens is 6. The van der Waals surface area contributed by atoms with Gasteiger partial charge in [-0.25, -0.2) is 4.98 Å². The minimum atomic E-state index is -0.0348. The van der Waals surface area contributed by atoms with E-state index in [9.17, 15) is 4.79 Å². The highest BCUT2D eigenvalue weighted by Gasteiger charge is 2.27. The first kappa shape index (κ1) is 16.4. The number of carbonyl (C=O) groups excluding carboxylic acids is 1. The van der Waals surface area contributed by atoms with Crippen LogP contribution in [0.2, 0.25) is 0 Å². The summed E-state index contributed by atoms with van der Waals surface area (Å²) in [6, 6.07) is 1.78. The van der Waals surface area contributed by atoms with Crippen molar-refractivity contribution in [1.29, 1.82) is 0 Å². The van der Waals surface area contributed by atoms with Gasteiger partial charge in [-0.15, -0.1) is 0 Å². The van der Waals surface area contributed by atoms with Gasteiger partial charge in [-0.1, -0.05) is 5.16 Å². The van der Waals surface area contributed by atoms with Gasteiger partial charge < -0.3 is 9.42 Å². The number of carbonyl (C=O) groups is 1. The third kappa shape index (κ3) is 3.46. The fraction of sp³-hybridized carbons (Fsp3) is 0.412. The Morgan fingerprint density at radius 3 is 3.12 bits per heavy atom. The predicted molar refractivity (Wildman–Crippen MR) is 91.0 cm³/mol. The molecule has 3 aromatic heterocycles. The van der Waals surface area contributed by atoms with Gasteiger partial charge in [0.05, 0.1) is 6.20 Å². The molecule has 1 aliphatic heterocycles. The number of hydrogen-bond acceptors (Lipinski definition) is 7. The monoisotopic (exact) mass is 353 g/mol. The van der Waals surface area contributed by atoms with Crippen LogP contribution in [0.1, 0.15) is 34.8 Å². The van der Waals surface area contributed by atoms with E-state index >= 15 is 0 Å². The summed E-state index contributed by atoms with van der Waals surface area (Å²) in [5.41, 5.74) is 1.90. The Hall–Kier alpha value is -3.10. The van der Waals surface area contributed by atoms with Crippen LogP contribution in [0.15, 0.2) is 29.2 Å². The highest BCUT2D eigenvalue weighted by molar-refractivity contribution is 5.92. The van der Waals surface area contributed by atoms with Gasteiger partial charge in [0.15, 0.2) is 5.82 Å². The van der Waals surface area contributed by atoms with Gasteiger partial charge in [0.25, 0.3) is 11.8 Å². The lowest BCUT2D eigenvalue weighted by atomic mass is 9.94. The molecule has 1 aliphatic rings. The van der Waals surface area contributed by atoms with Crippen molar-refractivity contribution in [3.8, 4) is 11.6 Å². The van der Waals surface area contributed by atoms with Crippen LogP contribution in [-0.4, -0.2) is 54.2 Å². The lowest BCUT2D eigenvalue weighted by Crippen LogP contribution is -2.40. The van der Waals surface area contributed by atoms with Gasteiger partial charge in [0, 0.05) is 37.6 Å². The molecule has 134 valence electrons. The molecule has 1 amide bonds. The number of aromatic amines is 1. The summed E-state index contributed by atoms with van der Waals surface area (Å²) in [6.07, 6.45) is 7.40. The van der Waals surface area contributed by atoms with E-state index in [1.165, 1.54) is 0 Å². The molecule has 26 heavy (non-hydrogen) atoms. The van der Waals surface area contributed by atoms with Crippen LogP contribution in [0.3, 0.4) is 0 Å². The van der Waals surface area contributed by atoms with Crippen LogP contribution in [0.25, 0.3) is 11.6 Å². The van der Waals surface area contributed by atoms with Gasteiger partial charge in [0.2, 0.25) is 0 Å². The van der Waals surface area contributed by atoms with Crippen molar-refractivity contribution in [2.45, 2.75) is 26.2 Å². The molecule has 3 aromatic rings. The fourth-order valence-electron chi connectivity index (χ4n) is 3.21. The van der Waals surface area contributed by atoms with Crippen LogP contribution in [-0.2, 0) is 6.42 Å². The van der Waals surface area contributed by atoms with Crippen LogP contribution in [0, 0.1) is 12.8 Å². The second kappa shape index (κ2) is 7.03. The number of rotatable bonds is 4. The Morgan fingerprint density at radius 1 is 1.42 bits per heavy atom. The topological polar surface area (TPSA) is 114 Å². The largest absolute Gasteiger partial charge is 0.337 e. The number of likely N-dealkylation sites (tertiary alicyclic amines) is 1. The zero-order valence-corrected chi connectivity index (χ0v) is 14.4. The van der Waals surface area contributed by atoms with Gasteiger partial charge in [-0.05, 0) is 31.7 Å². The van der Waals surface area contributed by atoms with E-state index in [0.29, 0.717) is 42.0 Å². The van der Waals surface area contributed by atoms with E-state index in [1.807, 2.05) is 11.8 Å². The zero-order chi connectivity index (χ0) is 17.9. The third-order valence-electron chi connectivity index (χ3n) is 4.45. The molecule has 0 aromatic carbocycles. The lowest BCUT2D eigenvalue weighted by Gasteiger charge is -2.31. The number of hydrogen-bond donors (Lipinski definition) is 1. The van der Waals surface area contributed by atoms with E-state index in [4.69, 9.17) is 4.52 Å². The summed E-state index contributed by atoms with van der Waals surface area (Å²) < 4.78 is 5.28. The SMILES string of the molecule is Cc1cc(C(=O)N2CCCC(Cc3noc(-c4cnccn4)n3)C2)n[nH]1. The maximum Gasteiger partial charge on any atom is 0.278 e. The average molecular weight is 353 g/mol. The second-order valence-corrected chi connectivity index (χ2v) is 6.51. The molecule has 0 saturated carbocycles. The van der Waals surface area contributed by atoms with Gasteiger partial charge in [-0.3, -0.25) is 14.9 Å². The molecule has 1 unspecified atom stereocenters. The molecule has 1 saturated heterocycles. The van der Waals surface area contributed by atoms with Crippen molar-refractivity contribution in [2.75, 3.05) is 13.1 Å². The predicted octanol–water partition coefficient (Wildman–Crippen LogP) is 1.65. The molecule has 9 heteroatoms. The highest BCUT2D eigenvalue weighted by Crippen LogP contribution is 2.22. The Bertz CT molecular complexity index is 889. The normalized spacial score (nSPS) is 17.4. The Kier molecular flexibility index (Phi) is 4.42. The molecule has 1 N–H and O–H groups in total. The van der Waals surface area contributed by atoms with Gasteiger partial charge in [-0.2, -0.15) is 10.1 Å². The lowest BCUT2D eigenvalue weighted by molar-refractivity contribution is 0.0666. The molecule has 9 nitrogen and oxygen atoms in total. The number of amides is 1. The summed E-state index contributed by atoms with van der Waals surface area (Å²) in [4.78, 5) is 27.0. The quantitative estimate of drug-likeness (QED) is 0.758. The Balaban J connectivity index is 1.41. The molecule has 0 aliphatic carbocycles. The summed E-state index contributed by atoms with van der Waals surface area (Å²) in [5.74, 6) is 1.25. The number of nitrogens with one attached hydrogen (secondary N) is 1. The Labute approximate surface area is 149 Å². The molecule has 0 radical (unpaired) electrons. The summed E-state index contributed by atoms with van der Waals surface area (Å²) in [6.45, 7) is 3.30. The van der Waals surface area contributed by atoms with Gasteiger partial charge in [0.1, 0.15) is 11.4 Å². The first-order valence-electron chi connectivity index (χ1n) is 8.59. The van der Waals surface area contributed by atoms with Crippen molar-refractivity contribution < 1.29 is 9.32 Å². The van der Waals surface area contributed by atoms with Crippen molar-refractivity contribution in [2.24, 2.45) is 5.92 Å². The molecular formula is C17H19N7O2. The summed E-state index contributed by atoms with van der Waals surface area (Å²) in [7, 11) is 0. The van der Waals surface area contributed by atoms with Crippen molar-refractivity contribution in [3.05, 3.63) is 41.9 Å². The molecule has 0 spiro atoms. The van der Waals surface area contributed by atoms with Crippen molar-refractivity contribution in [1.82, 2.24) is 35.2 Å². The number of aryl methyl sites for hydroxylation is 1. The number of piperidine rings is 1. The minimum Gasteiger partial charge on any atom is -0.337 e. The average Bonchev–Trinajstić information content (AvgIpc) is 3.31. The Morgan fingerprint density at radius 2 is 2.35 bits per heavy atom. The fourth-order valence-corrected chi connectivity index (χ4v) is 3.21. The van der Waals surface area contributed by atoms with Crippen molar-refractivity contribution >= 4 is 5.91 Å². The van der Waals surface area contributed by atoms with Gasteiger partial charge >= 0.3 is 0 Å². The maximum absolute atomic E-state index is 12.6. The van der Waals surface area contributed by atoms with E-state index in [-0.39, 0.29) is 5.91 Å². The number of H-pyrrole nitrogens is 1. The van der Waals surface area contributed by atoms with E-state index in [2.05, 4.69) is 30.3 Å². The maximum atomic E-state index is 12.6. The smallest absolute Gasteiger partial charge is 0.278 e.